The molecule has 2 aromatic rings. The molecule has 1 atom stereocenters. The summed E-state index contributed by atoms with van der Waals surface area (Å²) in [5.74, 6) is 1.65. The van der Waals surface area contributed by atoms with E-state index in [1.165, 1.54) is 18.4 Å². The molecule has 1 fully saturated rings. The van der Waals surface area contributed by atoms with E-state index >= 15 is 0 Å². The van der Waals surface area contributed by atoms with E-state index in [1.807, 2.05) is 12.3 Å². The summed E-state index contributed by atoms with van der Waals surface area (Å²) in [7, 11) is 0. The van der Waals surface area contributed by atoms with Crippen LogP contribution < -0.4 is 0 Å². The van der Waals surface area contributed by atoms with Crippen LogP contribution in [-0.2, 0) is 11.2 Å². The third-order valence-corrected chi connectivity index (χ3v) is 3.43. The van der Waals surface area contributed by atoms with Gasteiger partial charge in [0.2, 0.25) is 0 Å². The van der Waals surface area contributed by atoms with Gasteiger partial charge in [-0.2, -0.15) is 0 Å². The Morgan fingerprint density at radius 1 is 1.47 bits per heavy atom. The van der Waals surface area contributed by atoms with Gasteiger partial charge in [0.1, 0.15) is 5.82 Å². The van der Waals surface area contributed by atoms with Gasteiger partial charge in [-0.15, -0.1) is 10.2 Å². The first kappa shape index (κ1) is 10.7. The van der Waals surface area contributed by atoms with Crippen molar-refractivity contribution in [3.8, 4) is 0 Å². The highest BCUT2D eigenvalue weighted by Crippen LogP contribution is 2.19. The lowest BCUT2D eigenvalue weighted by atomic mass is 9.98. The molecule has 1 saturated heterocycles. The molecule has 0 N–H and O–H groups in total. The van der Waals surface area contributed by atoms with Crippen molar-refractivity contribution in [2.24, 2.45) is 5.92 Å². The molecule has 4 heteroatoms. The maximum absolute atomic E-state index is 5.51. The van der Waals surface area contributed by atoms with E-state index in [0.29, 0.717) is 5.92 Å². The van der Waals surface area contributed by atoms with Crippen molar-refractivity contribution in [2.75, 3.05) is 13.2 Å². The van der Waals surface area contributed by atoms with E-state index in [9.17, 15) is 0 Å². The Morgan fingerprint density at radius 3 is 3.24 bits per heavy atom. The molecule has 3 rings (SSSR count). The fraction of sp³-hybridized carbons (Fsp3) is 0.538. The van der Waals surface area contributed by atoms with Gasteiger partial charge < -0.3 is 4.74 Å². The van der Waals surface area contributed by atoms with Crippen molar-refractivity contribution < 1.29 is 4.74 Å². The molecule has 3 heterocycles. The van der Waals surface area contributed by atoms with Crippen molar-refractivity contribution in [2.45, 2.75) is 26.2 Å². The SMILES string of the molecule is Cc1cccn2c(CC3CCCOC3)nnc12. The van der Waals surface area contributed by atoms with Gasteiger partial charge >= 0.3 is 0 Å². The van der Waals surface area contributed by atoms with E-state index in [0.717, 1.165) is 31.1 Å². The van der Waals surface area contributed by atoms with Crippen molar-refractivity contribution in [3.63, 3.8) is 0 Å². The van der Waals surface area contributed by atoms with Crippen molar-refractivity contribution >= 4 is 5.65 Å². The maximum atomic E-state index is 5.51. The molecule has 1 unspecified atom stereocenters. The van der Waals surface area contributed by atoms with Crippen molar-refractivity contribution in [1.82, 2.24) is 14.6 Å². The van der Waals surface area contributed by atoms with Crippen LogP contribution in [0.1, 0.15) is 24.2 Å². The topological polar surface area (TPSA) is 39.4 Å². The highest BCUT2D eigenvalue weighted by molar-refractivity contribution is 5.46. The quantitative estimate of drug-likeness (QED) is 0.793. The lowest BCUT2D eigenvalue weighted by Crippen LogP contribution is -2.20. The van der Waals surface area contributed by atoms with Crippen LogP contribution in [0.25, 0.3) is 5.65 Å². The van der Waals surface area contributed by atoms with Crippen LogP contribution in [0.5, 0.6) is 0 Å². The first-order chi connectivity index (χ1) is 8.34. The minimum Gasteiger partial charge on any atom is -0.381 e. The molecular formula is C13H17N3O. The molecule has 0 radical (unpaired) electrons. The Hall–Kier alpha value is -1.42. The number of pyridine rings is 1. The van der Waals surface area contributed by atoms with Gasteiger partial charge in [0.05, 0.1) is 0 Å². The van der Waals surface area contributed by atoms with Crippen LogP contribution in [0.15, 0.2) is 18.3 Å². The number of aromatic nitrogens is 3. The number of ether oxygens (including phenoxy) is 1. The van der Waals surface area contributed by atoms with Crippen LogP contribution in [0, 0.1) is 12.8 Å². The normalized spacial score (nSPS) is 20.9. The Balaban J connectivity index is 1.87. The van der Waals surface area contributed by atoms with Crippen molar-refractivity contribution in [1.29, 1.82) is 0 Å². The molecule has 4 nitrogen and oxygen atoms in total. The lowest BCUT2D eigenvalue weighted by Gasteiger charge is -2.21. The van der Waals surface area contributed by atoms with Gasteiger partial charge in [-0.05, 0) is 37.3 Å². The first-order valence-electron chi connectivity index (χ1n) is 6.21. The largest absolute Gasteiger partial charge is 0.381 e. The highest BCUT2D eigenvalue weighted by atomic mass is 16.5. The van der Waals surface area contributed by atoms with E-state index in [4.69, 9.17) is 4.74 Å². The molecule has 0 bridgehead atoms. The second-order valence-corrected chi connectivity index (χ2v) is 4.79. The third kappa shape index (κ3) is 2.05. The molecule has 0 amide bonds. The minimum absolute atomic E-state index is 0.594. The fourth-order valence-corrected chi connectivity index (χ4v) is 2.46. The number of fused-ring (bicyclic) bond motifs is 1. The molecule has 17 heavy (non-hydrogen) atoms. The van der Waals surface area contributed by atoms with Gasteiger partial charge in [-0.25, -0.2) is 0 Å². The average molecular weight is 231 g/mol. The summed E-state index contributed by atoms with van der Waals surface area (Å²) in [5.41, 5.74) is 2.14. The second-order valence-electron chi connectivity index (χ2n) is 4.79. The van der Waals surface area contributed by atoms with E-state index < -0.39 is 0 Å². The smallest absolute Gasteiger partial charge is 0.163 e. The number of hydrogen-bond donors (Lipinski definition) is 0. The summed E-state index contributed by atoms with van der Waals surface area (Å²) < 4.78 is 7.61. The van der Waals surface area contributed by atoms with Gasteiger partial charge in [-0.1, -0.05) is 6.07 Å². The molecule has 0 saturated carbocycles. The standard InChI is InChI=1S/C13H17N3O/c1-10-4-2-6-16-12(14-15-13(10)16)8-11-5-3-7-17-9-11/h2,4,6,11H,3,5,7-9H2,1H3. The van der Waals surface area contributed by atoms with E-state index in [2.05, 4.69) is 27.6 Å². The first-order valence-corrected chi connectivity index (χ1v) is 6.21. The Labute approximate surface area is 101 Å². The van der Waals surface area contributed by atoms with Gasteiger partial charge in [-0.3, -0.25) is 4.40 Å². The van der Waals surface area contributed by atoms with Gasteiger partial charge in [0.15, 0.2) is 5.65 Å². The zero-order chi connectivity index (χ0) is 11.7. The van der Waals surface area contributed by atoms with E-state index in [-0.39, 0.29) is 0 Å². The summed E-state index contributed by atoms with van der Waals surface area (Å²) in [6.07, 6.45) is 5.41. The highest BCUT2D eigenvalue weighted by Gasteiger charge is 2.17. The van der Waals surface area contributed by atoms with Crippen molar-refractivity contribution in [3.05, 3.63) is 29.7 Å². The molecule has 0 aliphatic carbocycles. The predicted molar refractivity (Wildman–Crippen MR) is 65.0 cm³/mol. The van der Waals surface area contributed by atoms with Gasteiger partial charge in [0, 0.05) is 25.8 Å². The van der Waals surface area contributed by atoms with Crippen LogP contribution in [0.3, 0.4) is 0 Å². The monoisotopic (exact) mass is 231 g/mol. The number of hydrogen-bond acceptors (Lipinski definition) is 3. The molecule has 1 aliphatic heterocycles. The summed E-state index contributed by atoms with van der Waals surface area (Å²) in [6.45, 7) is 3.84. The summed E-state index contributed by atoms with van der Waals surface area (Å²) in [6, 6.07) is 4.12. The Kier molecular flexibility index (Phi) is 2.81. The van der Waals surface area contributed by atoms with Crippen LogP contribution in [0.4, 0.5) is 0 Å². The molecule has 90 valence electrons. The Morgan fingerprint density at radius 2 is 2.41 bits per heavy atom. The molecule has 2 aromatic heterocycles. The zero-order valence-electron chi connectivity index (χ0n) is 10.1. The van der Waals surface area contributed by atoms with Crippen LogP contribution in [0.2, 0.25) is 0 Å². The second kappa shape index (κ2) is 4.45. The minimum atomic E-state index is 0.594. The molecule has 0 aromatic carbocycles. The molecule has 1 aliphatic rings. The number of aryl methyl sites for hydroxylation is 1. The number of nitrogens with zero attached hydrogens (tertiary/aromatic N) is 3. The van der Waals surface area contributed by atoms with Gasteiger partial charge in [0.25, 0.3) is 0 Å². The maximum Gasteiger partial charge on any atom is 0.163 e. The predicted octanol–water partition coefficient (Wildman–Crippen LogP) is 2.01. The van der Waals surface area contributed by atoms with Crippen LogP contribution in [-0.4, -0.2) is 27.8 Å². The average Bonchev–Trinajstić information content (AvgIpc) is 2.76. The van der Waals surface area contributed by atoms with E-state index in [1.54, 1.807) is 0 Å². The third-order valence-electron chi connectivity index (χ3n) is 3.43. The molecular weight excluding hydrogens is 214 g/mol. The lowest BCUT2D eigenvalue weighted by molar-refractivity contribution is 0.0542. The summed E-state index contributed by atoms with van der Waals surface area (Å²) in [5, 5.41) is 8.56. The number of rotatable bonds is 2. The zero-order valence-corrected chi connectivity index (χ0v) is 10.1. The molecule has 0 spiro atoms. The fourth-order valence-electron chi connectivity index (χ4n) is 2.46. The van der Waals surface area contributed by atoms with Crippen LogP contribution >= 0.6 is 0 Å². The summed E-state index contributed by atoms with van der Waals surface area (Å²) in [4.78, 5) is 0. The summed E-state index contributed by atoms with van der Waals surface area (Å²) >= 11 is 0. The Bertz CT molecular complexity index is 514.